The minimum atomic E-state index is 0.456. The molecule has 0 unspecified atom stereocenters. The molecule has 0 saturated heterocycles. The minimum absolute atomic E-state index is 0.456. The predicted octanol–water partition coefficient (Wildman–Crippen LogP) is 2.48. The molecule has 0 heterocycles. The molecule has 88 valence electrons. The zero-order valence-corrected chi connectivity index (χ0v) is 10.5. The van der Waals surface area contributed by atoms with Crippen molar-refractivity contribution in [2.24, 2.45) is 11.7 Å². The van der Waals surface area contributed by atoms with Gasteiger partial charge in [0, 0.05) is 25.3 Å². The van der Waals surface area contributed by atoms with E-state index in [-0.39, 0.29) is 0 Å². The van der Waals surface area contributed by atoms with Crippen molar-refractivity contribution in [2.45, 2.75) is 32.7 Å². The van der Waals surface area contributed by atoms with Gasteiger partial charge in [-0.2, -0.15) is 0 Å². The Morgan fingerprint density at radius 1 is 1.31 bits per heavy atom. The average molecular weight is 218 g/mol. The fourth-order valence-electron chi connectivity index (χ4n) is 2.66. The summed E-state index contributed by atoms with van der Waals surface area (Å²) in [6, 6.07) is 7.12. The molecule has 0 atom stereocenters. The minimum Gasteiger partial charge on any atom is -0.374 e. The number of anilines is 1. The maximum absolute atomic E-state index is 5.81. The maximum Gasteiger partial charge on any atom is 0.0393 e. The van der Waals surface area contributed by atoms with Crippen LogP contribution in [0.5, 0.6) is 0 Å². The number of benzene rings is 1. The van der Waals surface area contributed by atoms with Gasteiger partial charge in [0.2, 0.25) is 0 Å². The van der Waals surface area contributed by atoms with Crippen molar-refractivity contribution in [1.82, 2.24) is 0 Å². The highest BCUT2D eigenvalue weighted by molar-refractivity contribution is 5.53. The van der Waals surface area contributed by atoms with Crippen LogP contribution in [0.3, 0.4) is 0 Å². The van der Waals surface area contributed by atoms with Crippen LogP contribution in [0.1, 0.15) is 24.0 Å². The molecule has 0 aromatic heterocycles. The second-order valence-corrected chi connectivity index (χ2v) is 5.27. The third-order valence-electron chi connectivity index (χ3n) is 3.57. The first-order valence-corrected chi connectivity index (χ1v) is 6.10. The molecule has 16 heavy (non-hydrogen) atoms. The van der Waals surface area contributed by atoms with E-state index in [0.717, 1.165) is 12.5 Å². The van der Waals surface area contributed by atoms with Crippen LogP contribution in [-0.4, -0.2) is 19.6 Å². The van der Waals surface area contributed by atoms with Gasteiger partial charge in [-0.25, -0.2) is 0 Å². The van der Waals surface area contributed by atoms with Crippen LogP contribution < -0.4 is 10.6 Å². The molecule has 0 bridgehead atoms. The van der Waals surface area contributed by atoms with Gasteiger partial charge in [-0.1, -0.05) is 17.7 Å². The van der Waals surface area contributed by atoms with Crippen molar-refractivity contribution in [1.29, 1.82) is 0 Å². The normalized spacial score (nSPS) is 24.0. The van der Waals surface area contributed by atoms with Crippen LogP contribution in [-0.2, 0) is 0 Å². The molecule has 1 saturated carbocycles. The summed E-state index contributed by atoms with van der Waals surface area (Å²) >= 11 is 0. The first kappa shape index (κ1) is 11.5. The van der Waals surface area contributed by atoms with Crippen LogP contribution in [0, 0.1) is 19.8 Å². The number of nitrogens with two attached hydrogens (primary N) is 1. The molecular weight excluding hydrogens is 196 g/mol. The second-order valence-electron chi connectivity index (χ2n) is 5.27. The molecule has 2 N–H and O–H groups in total. The van der Waals surface area contributed by atoms with Crippen LogP contribution in [0.15, 0.2) is 18.2 Å². The van der Waals surface area contributed by atoms with Crippen molar-refractivity contribution in [2.75, 3.05) is 18.5 Å². The number of hydrogen-bond acceptors (Lipinski definition) is 2. The Morgan fingerprint density at radius 3 is 2.56 bits per heavy atom. The average Bonchev–Trinajstić information content (AvgIpc) is 2.15. The molecule has 0 aliphatic heterocycles. The van der Waals surface area contributed by atoms with Gasteiger partial charge in [0.25, 0.3) is 0 Å². The molecule has 2 nitrogen and oxygen atoms in total. The van der Waals surface area contributed by atoms with Gasteiger partial charge in [-0.15, -0.1) is 0 Å². The SMILES string of the molecule is Cc1ccc(N(C)CC2CC(N)C2)c(C)c1. The van der Waals surface area contributed by atoms with Gasteiger partial charge in [-0.05, 0) is 44.2 Å². The van der Waals surface area contributed by atoms with E-state index in [1.165, 1.54) is 29.7 Å². The Bertz CT molecular complexity index is 367. The van der Waals surface area contributed by atoms with Crippen molar-refractivity contribution in [3.05, 3.63) is 29.3 Å². The molecule has 1 aromatic rings. The van der Waals surface area contributed by atoms with Gasteiger partial charge in [0.05, 0.1) is 0 Å². The van der Waals surface area contributed by atoms with E-state index in [1.807, 2.05) is 0 Å². The van der Waals surface area contributed by atoms with Gasteiger partial charge in [-0.3, -0.25) is 0 Å². The fourth-order valence-corrected chi connectivity index (χ4v) is 2.66. The highest BCUT2D eigenvalue weighted by Gasteiger charge is 2.26. The zero-order valence-electron chi connectivity index (χ0n) is 10.5. The van der Waals surface area contributed by atoms with Crippen LogP contribution in [0.25, 0.3) is 0 Å². The summed E-state index contributed by atoms with van der Waals surface area (Å²) in [7, 11) is 2.18. The molecular formula is C14H22N2. The summed E-state index contributed by atoms with van der Waals surface area (Å²) in [6.07, 6.45) is 2.38. The Morgan fingerprint density at radius 2 is 2.00 bits per heavy atom. The molecule has 1 aliphatic carbocycles. The highest BCUT2D eigenvalue weighted by Crippen LogP contribution is 2.28. The smallest absolute Gasteiger partial charge is 0.0393 e. The lowest BCUT2D eigenvalue weighted by molar-refractivity contribution is 0.271. The Labute approximate surface area is 98.4 Å². The number of hydrogen-bond donors (Lipinski definition) is 1. The van der Waals surface area contributed by atoms with E-state index in [9.17, 15) is 0 Å². The molecule has 2 rings (SSSR count). The summed E-state index contributed by atoms with van der Waals surface area (Å²) < 4.78 is 0. The van der Waals surface area contributed by atoms with Crippen LogP contribution in [0.2, 0.25) is 0 Å². The van der Waals surface area contributed by atoms with E-state index >= 15 is 0 Å². The number of nitrogens with zero attached hydrogens (tertiary/aromatic N) is 1. The summed E-state index contributed by atoms with van der Waals surface area (Å²) in [5, 5.41) is 0. The lowest BCUT2D eigenvalue weighted by atomic mass is 9.80. The summed E-state index contributed by atoms with van der Waals surface area (Å²) in [4.78, 5) is 2.37. The molecule has 1 aromatic carbocycles. The second kappa shape index (κ2) is 4.46. The van der Waals surface area contributed by atoms with Crippen molar-refractivity contribution in [3.63, 3.8) is 0 Å². The number of rotatable bonds is 3. The molecule has 1 aliphatic rings. The van der Waals surface area contributed by atoms with Crippen molar-refractivity contribution >= 4 is 5.69 Å². The van der Waals surface area contributed by atoms with Crippen molar-refractivity contribution < 1.29 is 0 Å². The lowest BCUT2D eigenvalue weighted by Crippen LogP contribution is -2.42. The van der Waals surface area contributed by atoms with Crippen LogP contribution >= 0.6 is 0 Å². The lowest BCUT2D eigenvalue weighted by Gasteiger charge is -2.36. The predicted molar refractivity (Wildman–Crippen MR) is 69.9 cm³/mol. The Balaban J connectivity index is 2.00. The van der Waals surface area contributed by atoms with Gasteiger partial charge in [0.1, 0.15) is 0 Å². The highest BCUT2D eigenvalue weighted by atomic mass is 15.1. The van der Waals surface area contributed by atoms with Gasteiger partial charge >= 0.3 is 0 Å². The molecule has 0 amide bonds. The summed E-state index contributed by atoms with van der Waals surface area (Å²) in [5.41, 5.74) is 9.87. The Hall–Kier alpha value is -1.02. The summed E-state index contributed by atoms with van der Waals surface area (Å²) in [6.45, 7) is 5.46. The molecule has 0 spiro atoms. The fraction of sp³-hybridized carbons (Fsp3) is 0.571. The molecule has 2 heteroatoms. The zero-order chi connectivity index (χ0) is 11.7. The van der Waals surface area contributed by atoms with Crippen molar-refractivity contribution in [3.8, 4) is 0 Å². The van der Waals surface area contributed by atoms with Gasteiger partial charge in [0.15, 0.2) is 0 Å². The van der Waals surface area contributed by atoms with E-state index in [0.29, 0.717) is 6.04 Å². The molecule has 1 fully saturated rings. The number of aryl methyl sites for hydroxylation is 2. The largest absolute Gasteiger partial charge is 0.374 e. The monoisotopic (exact) mass is 218 g/mol. The standard InChI is InChI=1S/C14H22N2/c1-10-4-5-14(11(2)6-10)16(3)9-12-7-13(15)8-12/h4-6,12-13H,7-9,15H2,1-3H3. The van der Waals surface area contributed by atoms with Crippen LogP contribution in [0.4, 0.5) is 5.69 Å². The van der Waals surface area contributed by atoms with E-state index in [2.05, 4.69) is 44.0 Å². The van der Waals surface area contributed by atoms with E-state index < -0.39 is 0 Å². The van der Waals surface area contributed by atoms with E-state index in [1.54, 1.807) is 0 Å². The maximum atomic E-state index is 5.81. The molecule has 0 radical (unpaired) electrons. The topological polar surface area (TPSA) is 29.3 Å². The first-order valence-electron chi connectivity index (χ1n) is 6.10. The quantitative estimate of drug-likeness (QED) is 0.844. The summed E-state index contributed by atoms with van der Waals surface area (Å²) in [5.74, 6) is 0.792. The first-order chi connectivity index (χ1) is 7.56. The van der Waals surface area contributed by atoms with Gasteiger partial charge < -0.3 is 10.6 Å². The Kier molecular flexibility index (Phi) is 3.20. The third-order valence-corrected chi connectivity index (χ3v) is 3.57. The van der Waals surface area contributed by atoms with E-state index in [4.69, 9.17) is 5.73 Å². The third kappa shape index (κ3) is 2.38.